The van der Waals surface area contributed by atoms with Gasteiger partial charge in [0.15, 0.2) is 0 Å². The molecule has 0 atom stereocenters. The predicted molar refractivity (Wildman–Crippen MR) is 84.4 cm³/mol. The highest BCUT2D eigenvalue weighted by atomic mass is 79.9. The van der Waals surface area contributed by atoms with Gasteiger partial charge in [0.2, 0.25) is 5.78 Å². The molecule has 1 aliphatic carbocycles. The summed E-state index contributed by atoms with van der Waals surface area (Å²) >= 11 is 3.51. The summed E-state index contributed by atoms with van der Waals surface area (Å²) in [6, 6.07) is 5.51. The largest absolute Gasteiger partial charge is 0.296 e. The van der Waals surface area contributed by atoms with Crippen molar-refractivity contribution in [1.82, 2.24) is 9.38 Å². The highest BCUT2D eigenvalue weighted by Crippen LogP contribution is 2.38. The third kappa shape index (κ3) is 1.99. The van der Waals surface area contributed by atoms with E-state index in [4.69, 9.17) is 0 Å². The molecule has 0 N–H and O–H groups in total. The normalized spacial score (nSPS) is 15.2. The van der Waals surface area contributed by atoms with E-state index in [9.17, 15) is 9.59 Å². The van der Waals surface area contributed by atoms with Crippen LogP contribution < -0.4 is 0 Å². The van der Waals surface area contributed by atoms with Gasteiger partial charge >= 0.3 is 0 Å². The Labute approximate surface area is 131 Å². The van der Waals surface area contributed by atoms with Crippen molar-refractivity contribution in [3.8, 4) is 0 Å². The minimum Gasteiger partial charge on any atom is -0.296 e. The average Bonchev–Trinajstić information content (AvgIpc) is 2.89. The zero-order valence-electron chi connectivity index (χ0n) is 11.9. The van der Waals surface area contributed by atoms with E-state index in [0.717, 1.165) is 12.8 Å². The summed E-state index contributed by atoms with van der Waals surface area (Å²) in [5.41, 5.74) is 2.18. The SMILES string of the molecule is CCC(CC)C1=C(Br)c2nc3ccccn3c2C(=O)C1=O. The van der Waals surface area contributed by atoms with Crippen LogP contribution in [0, 0.1) is 5.92 Å². The van der Waals surface area contributed by atoms with Gasteiger partial charge in [0.25, 0.3) is 5.78 Å². The number of Topliss-reactive ketones (excluding diaryl/α,β-unsaturated/α-hetero) is 2. The maximum Gasteiger partial charge on any atom is 0.252 e. The number of carbonyl (C=O) groups is 2. The van der Waals surface area contributed by atoms with E-state index in [1.54, 1.807) is 10.6 Å². The van der Waals surface area contributed by atoms with Crippen LogP contribution in [0.4, 0.5) is 0 Å². The lowest BCUT2D eigenvalue weighted by Crippen LogP contribution is -2.27. The number of nitrogens with zero attached hydrogens (tertiary/aromatic N) is 2. The molecule has 5 heteroatoms. The maximum atomic E-state index is 12.5. The smallest absolute Gasteiger partial charge is 0.252 e. The molecule has 2 heterocycles. The van der Waals surface area contributed by atoms with Gasteiger partial charge in [0.1, 0.15) is 17.0 Å². The number of hydrogen-bond acceptors (Lipinski definition) is 3. The number of hydrogen-bond donors (Lipinski definition) is 0. The van der Waals surface area contributed by atoms with Crippen molar-refractivity contribution in [2.45, 2.75) is 26.7 Å². The van der Waals surface area contributed by atoms with Crippen LogP contribution >= 0.6 is 15.9 Å². The molecular weight excluding hydrogens is 332 g/mol. The third-order valence-corrected chi connectivity index (χ3v) is 4.84. The Morgan fingerprint density at radius 1 is 1.19 bits per heavy atom. The first-order valence-electron chi connectivity index (χ1n) is 7.06. The van der Waals surface area contributed by atoms with Crippen LogP contribution in [-0.4, -0.2) is 21.0 Å². The lowest BCUT2D eigenvalue weighted by Gasteiger charge is -2.21. The molecular formula is C16H15BrN2O2. The molecule has 0 radical (unpaired) electrons. The van der Waals surface area contributed by atoms with Crippen LogP contribution in [0.25, 0.3) is 10.1 Å². The minimum atomic E-state index is -0.464. The molecule has 4 nitrogen and oxygen atoms in total. The van der Waals surface area contributed by atoms with Gasteiger partial charge in [-0.3, -0.25) is 14.0 Å². The van der Waals surface area contributed by atoms with Gasteiger partial charge in [-0.05, 0) is 46.8 Å². The van der Waals surface area contributed by atoms with Gasteiger partial charge in [-0.1, -0.05) is 19.9 Å². The molecule has 0 unspecified atom stereocenters. The predicted octanol–water partition coefficient (Wildman–Crippen LogP) is 3.64. The Kier molecular flexibility index (Phi) is 3.53. The number of aromatic nitrogens is 2. The Morgan fingerprint density at radius 3 is 2.57 bits per heavy atom. The second-order valence-corrected chi connectivity index (χ2v) is 5.93. The number of rotatable bonds is 3. The summed E-state index contributed by atoms with van der Waals surface area (Å²) in [5, 5.41) is 0. The second kappa shape index (κ2) is 5.22. The molecule has 21 heavy (non-hydrogen) atoms. The number of allylic oxidation sites excluding steroid dienone is 1. The molecule has 2 aromatic rings. The Balaban J connectivity index is 2.32. The molecule has 0 saturated heterocycles. The monoisotopic (exact) mass is 346 g/mol. The highest BCUT2D eigenvalue weighted by Gasteiger charge is 2.37. The fourth-order valence-corrected chi connectivity index (χ4v) is 3.66. The topological polar surface area (TPSA) is 51.4 Å². The summed E-state index contributed by atoms with van der Waals surface area (Å²) in [7, 11) is 0. The van der Waals surface area contributed by atoms with Crippen molar-refractivity contribution in [3.63, 3.8) is 0 Å². The van der Waals surface area contributed by atoms with Crippen molar-refractivity contribution in [3.05, 3.63) is 41.4 Å². The second-order valence-electron chi connectivity index (χ2n) is 5.14. The van der Waals surface area contributed by atoms with E-state index in [0.29, 0.717) is 27.1 Å². The van der Waals surface area contributed by atoms with Crippen LogP contribution in [-0.2, 0) is 4.79 Å². The van der Waals surface area contributed by atoms with Crippen LogP contribution in [0.15, 0.2) is 30.0 Å². The van der Waals surface area contributed by atoms with E-state index in [2.05, 4.69) is 20.9 Å². The molecule has 0 fully saturated rings. The Hall–Kier alpha value is -1.75. The van der Waals surface area contributed by atoms with Crippen molar-refractivity contribution in [2.75, 3.05) is 0 Å². The number of carbonyl (C=O) groups excluding carboxylic acids is 2. The molecule has 1 aliphatic rings. The Bertz CT molecular complexity index is 785. The first kappa shape index (κ1) is 14.2. The maximum absolute atomic E-state index is 12.5. The quantitative estimate of drug-likeness (QED) is 0.797. The standard InChI is InChI=1S/C16H15BrN2O2/c1-3-9(4-2)11-12(17)13-14(16(21)15(11)20)19-8-6-5-7-10(19)18-13/h5-9H,3-4H2,1-2H3. The first-order valence-corrected chi connectivity index (χ1v) is 7.85. The van der Waals surface area contributed by atoms with E-state index in [1.807, 2.05) is 32.0 Å². The minimum absolute atomic E-state index is 0.0776. The van der Waals surface area contributed by atoms with Gasteiger partial charge in [0.05, 0.1) is 4.48 Å². The third-order valence-electron chi connectivity index (χ3n) is 4.03. The number of pyridine rings is 1. The summed E-state index contributed by atoms with van der Waals surface area (Å²) in [6.07, 6.45) is 3.40. The van der Waals surface area contributed by atoms with E-state index < -0.39 is 11.6 Å². The number of halogens is 1. The van der Waals surface area contributed by atoms with Gasteiger partial charge < -0.3 is 0 Å². The number of imidazole rings is 1. The zero-order valence-corrected chi connectivity index (χ0v) is 13.5. The molecule has 2 aromatic heterocycles. The molecule has 0 saturated carbocycles. The van der Waals surface area contributed by atoms with Gasteiger partial charge in [-0.15, -0.1) is 0 Å². The average molecular weight is 347 g/mol. The molecule has 0 aromatic carbocycles. The van der Waals surface area contributed by atoms with E-state index >= 15 is 0 Å². The summed E-state index contributed by atoms with van der Waals surface area (Å²) < 4.78 is 2.35. The molecule has 0 spiro atoms. The van der Waals surface area contributed by atoms with E-state index in [-0.39, 0.29) is 5.92 Å². The fraction of sp³-hybridized carbons (Fsp3) is 0.312. The molecule has 0 aliphatic heterocycles. The summed E-state index contributed by atoms with van der Waals surface area (Å²) in [4.78, 5) is 29.5. The van der Waals surface area contributed by atoms with E-state index in [1.165, 1.54) is 0 Å². The number of ketones is 2. The lowest BCUT2D eigenvalue weighted by atomic mass is 9.84. The first-order chi connectivity index (χ1) is 10.1. The van der Waals surface area contributed by atoms with Crippen molar-refractivity contribution >= 4 is 37.6 Å². The van der Waals surface area contributed by atoms with Crippen molar-refractivity contribution in [1.29, 1.82) is 0 Å². The molecule has 0 bridgehead atoms. The van der Waals surface area contributed by atoms with Gasteiger partial charge in [0, 0.05) is 11.8 Å². The summed E-state index contributed by atoms with van der Waals surface area (Å²) in [6.45, 7) is 4.05. The summed E-state index contributed by atoms with van der Waals surface area (Å²) in [5.74, 6) is -0.795. The van der Waals surface area contributed by atoms with Crippen molar-refractivity contribution in [2.24, 2.45) is 5.92 Å². The molecule has 108 valence electrons. The molecule has 0 amide bonds. The highest BCUT2D eigenvalue weighted by molar-refractivity contribution is 9.15. The van der Waals surface area contributed by atoms with Crippen LogP contribution in [0.2, 0.25) is 0 Å². The molecule has 3 rings (SSSR count). The number of fused-ring (bicyclic) bond motifs is 3. The van der Waals surface area contributed by atoms with Gasteiger partial charge in [-0.25, -0.2) is 4.98 Å². The van der Waals surface area contributed by atoms with Crippen LogP contribution in [0.3, 0.4) is 0 Å². The lowest BCUT2D eigenvalue weighted by molar-refractivity contribution is -0.112. The van der Waals surface area contributed by atoms with Crippen LogP contribution in [0.5, 0.6) is 0 Å². The van der Waals surface area contributed by atoms with Gasteiger partial charge in [-0.2, -0.15) is 0 Å². The van der Waals surface area contributed by atoms with Crippen LogP contribution in [0.1, 0.15) is 42.9 Å². The Morgan fingerprint density at radius 2 is 1.90 bits per heavy atom. The zero-order chi connectivity index (χ0) is 15.1. The van der Waals surface area contributed by atoms with Crippen molar-refractivity contribution < 1.29 is 9.59 Å². The fourth-order valence-electron chi connectivity index (χ4n) is 2.88.